The van der Waals surface area contributed by atoms with E-state index in [0.29, 0.717) is 6.54 Å². The van der Waals surface area contributed by atoms with E-state index in [9.17, 15) is 4.79 Å². The number of rotatable bonds is 4. The third-order valence-electron chi connectivity index (χ3n) is 3.07. The molecular weight excluding hydrogens is 238 g/mol. The Morgan fingerprint density at radius 1 is 1.35 bits per heavy atom. The molecule has 1 aliphatic rings. The molecule has 0 bridgehead atoms. The van der Waals surface area contributed by atoms with Crippen molar-refractivity contribution in [3.63, 3.8) is 0 Å². The van der Waals surface area contributed by atoms with Crippen LogP contribution in [0.4, 0.5) is 0 Å². The maximum Gasteiger partial charge on any atom is 0.237 e. The van der Waals surface area contributed by atoms with E-state index < -0.39 is 0 Å². The van der Waals surface area contributed by atoms with Crippen molar-refractivity contribution in [1.29, 1.82) is 0 Å². The molecule has 0 aromatic carbocycles. The van der Waals surface area contributed by atoms with Gasteiger partial charge in [0.2, 0.25) is 5.91 Å². The third-order valence-corrected chi connectivity index (χ3v) is 3.07. The van der Waals surface area contributed by atoms with Crippen LogP contribution in [0.25, 0.3) is 0 Å². The first-order chi connectivity index (χ1) is 7.41. The molecule has 0 aliphatic carbocycles. The molecule has 0 unspecified atom stereocenters. The Kier molecular flexibility index (Phi) is 7.05. The molecule has 1 fully saturated rings. The Labute approximate surface area is 111 Å². The lowest BCUT2D eigenvalue weighted by Crippen LogP contribution is -2.47. The van der Waals surface area contributed by atoms with Crippen molar-refractivity contribution < 1.29 is 4.79 Å². The molecule has 2 N–H and O–H groups in total. The summed E-state index contributed by atoms with van der Waals surface area (Å²) >= 11 is 0. The van der Waals surface area contributed by atoms with Crippen LogP contribution >= 0.6 is 12.4 Å². The average molecular weight is 264 g/mol. The molecule has 5 heteroatoms. The van der Waals surface area contributed by atoms with Crippen LogP contribution in [0.5, 0.6) is 0 Å². The van der Waals surface area contributed by atoms with E-state index in [2.05, 4.69) is 32.6 Å². The minimum Gasteiger partial charge on any atom is -0.337 e. The van der Waals surface area contributed by atoms with Gasteiger partial charge in [-0.1, -0.05) is 0 Å². The molecule has 0 spiro atoms. The van der Waals surface area contributed by atoms with Crippen LogP contribution in [0.2, 0.25) is 0 Å². The van der Waals surface area contributed by atoms with Crippen molar-refractivity contribution in [1.82, 2.24) is 9.80 Å². The van der Waals surface area contributed by atoms with E-state index in [1.165, 1.54) is 0 Å². The van der Waals surface area contributed by atoms with Crippen LogP contribution in [0, 0.1) is 0 Å². The van der Waals surface area contributed by atoms with E-state index in [1.54, 1.807) is 0 Å². The molecule has 102 valence electrons. The van der Waals surface area contributed by atoms with Crippen molar-refractivity contribution in [3.8, 4) is 0 Å². The van der Waals surface area contributed by atoms with Gasteiger partial charge in [0.25, 0.3) is 0 Å². The van der Waals surface area contributed by atoms with Gasteiger partial charge in [0.15, 0.2) is 0 Å². The lowest BCUT2D eigenvalue weighted by molar-refractivity contribution is -0.135. The smallest absolute Gasteiger partial charge is 0.237 e. The summed E-state index contributed by atoms with van der Waals surface area (Å²) in [5, 5.41) is 0. The van der Waals surface area contributed by atoms with Gasteiger partial charge in [-0.3, -0.25) is 9.69 Å². The Bertz CT molecular complexity index is 238. The average Bonchev–Trinajstić information content (AvgIpc) is 2.49. The number of carbonyl (C=O) groups excluding carboxylic acids is 1. The number of amides is 1. The second kappa shape index (κ2) is 7.19. The molecule has 1 rings (SSSR count). The zero-order valence-electron chi connectivity index (χ0n) is 11.3. The number of likely N-dealkylation sites (tertiary alicyclic amines) is 1. The highest BCUT2D eigenvalue weighted by Gasteiger charge is 2.25. The number of hydrogen-bond donors (Lipinski definition) is 1. The Hall–Kier alpha value is -0.320. The topological polar surface area (TPSA) is 49.6 Å². The lowest BCUT2D eigenvalue weighted by atomic mass is 10.2. The first-order valence-electron chi connectivity index (χ1n) is 6.21. The standard InChI is InChI=1S/C12H25N3O.ClH/c1-9(2)15(10(3)4)12(16)8-14-6-5-11(13)7-14;/h9-11H,5-8,13H2,1-4H3;1H/t11-;/m0./s1. The highest BCUT2D eigenvalue weighted by atomic mass is 35.5. The van der Waals surface area contributed by atoms with Crippen LogP contribution in [0.15, 0.2) is 0 Å². The first kappa shape index (κ1) is 16.7. The largest absolute Gasteiger partial charge is 0.337 e. The molecular formula is C12H26ClN3O. The van der Waals surface area contributed by atoms with Crippen LogP contribution in [-0.2, 0) is 4.79 Å². The van der Waals surface area contributed by atoms with E-state index in [0.717, 1.165) is 19.5 Å². The fraction of sp³-hybridized carbons (Fsp3) is 0.917. The van der Waals surface area contributed by atoms with Crippen molar-refractivity contribution >= 4 is 18.3 Å². The molecule has 1 heterocycles. The van der Waals surface area contributed by atoms with E-state index in [1.807, 2.05) is 4.90 Å². The minimum atomic E-state index is 0. The molecule has 17 heavy (non-hydrogen) atoms. The number of hydrogen-bond acceptors (Lipinski definition) is 3. The molecule has 0 aromatic heterocycles. The van der Waals surface area contributed by atoms with E-state index in [4.69, 9.17) is 5.73 Å². The fourth-order valence-electron chi connectivity index (χ4n) is 2.45. The van der Waals surface area contributed by atoms with Crippen LogP contribution in [-0.4, -0.2) is 53.5 Å². The Morgan fingerprint density at radius 2 is 1.88 bits per heavy atom. The summed E-state index contributed by atoms with van der Waals surface area (Å²) < 4.78 is 0. The summed E-state index contributed by atoms with van der Waals surface area (Å²) in [5.41, 5.74) is 5.83. The molecule has 0 saturated carbocycles. The maximum atomic E-state index is 12.1. The quantitative estimate of drug-likeness (QED) is 0.826. The molecule has 0 radical (unpaired) electrons. The minimum absolute atomic E-state index is 0. The van der Waals surface area contributed by atoms with Crippen molar-refractivity contribution in [2.75, 3.05) is 19.6 Å². The molecule has 0 aromatic rings. The van der Waals surface area contributed by atoms with E-state index in [-0.39, 0.29) is 36.4 Å². The van der Waals surface area contributed by atoms with Crippen LogP contribution in [0.1, 0.15) is 34.1 Å². The monoisotopic (exact) mass is 263 g/mol. The van der Waals surface area contributed by atoms with Gasteiger partial charge in [-0.2, -0.15) is 0 Å². The number of nitrogens with two attached hydrogens (primary N) is 1. The van der Waals surface area contributed by atoms with Gasteiger partial charge in [0.1, 0.15) is 0 Å². The summed E-state index contributed by atoms with van der Waals surface area (Å²) in [4.78, 5) is 16.2. The lowest BCUT2D eigenvalue weighted by Gasteiger charge is -2.32. The molecule has 4 nitrogen and oxygen atoms in total. The van der Waals surface area contributed by atoms with Gasteiger partial charge in [0, 0.05) is 31.2 Å². The zero-order chi connectivity index (χ0) is 12.3. The van der Waals surface area contributed by atoms with Gasteiger partial charge < -0.3 is 10.6 Å². The molecule has 1 atom stereocenters. The SMILES string of the molecule is CC(C)N(C(=O)CN1CC[C@H](N)C1)C(C)C.Cl. The fourth-order valence-corrected chi connectivity index (χ4v) is 2.45. The number of carbonyl (C=O) groups is 1. The zero-order valence-corrected chi connectivity index (χ0v) is 12.2. The molecule has 1 saturated heterocycles. The summed E-state index contributed by atoms with van der Waals surface area (Å²) in [5.74, 6) is 0.221. The second-order valence-corrected chi connectivity index (χ2v) is 5.27. The van der Waals surface area contributed by atoms with Crippen molar-refractivity contribution in [2.45, 2.75) is 52.2 Å². The van der Waals surface area contributed by atoms with Gasteiger partial charge in [0.05, 0.1) is 6.54 Å². The van der Waals surface area contributed by atoms with Gasteiger partial charge in [-0.15, -0.1) is 12.4 Å². The summed E-state index contributed by atoms with van der Waals surface area (Å²) in [6, 6.07) is 0.784. The van der Waals surface area contributed by atoms with Gasteiger partial charge >= 0.3 is 0 Å². The van der Waals surface area contributed by atoms with Crippen molar-refractivity contribution in [2.24, 2.45) is 5.73 Å². The van der Waals surface area contributed by atoms with Crippen LogP contribution < -0.4 is 5.73 Å². The maximum absolute atomic E-state index is 12.1. The normalized spacial score (nSPS) is 20.8. The Morgan fingerprint density at radius 3 is 2.24 bits per heavy atom. The van der Waals surface area contributed by atoms with Gasteiger partial charge in [-0.05, 0) is 34.1 Å². The highest BCUT2D eigenvalue weighted by Crippen LogP contribution is 2.10. The summed E-state index contributed by atoms with van der Waals surface area (Å²) in [7, 11) is 0. The first-order valence-corrected chi connectivity index (χ1v) is 6.21. The molecule has 1 aliphatic heterocycles. The predicted molar refractivity (Wildman–Crippen MR) is 73.4 cm³/mol. The highest BCUT2D eigenvalue weighted by molar-refractivity contribution is 5.85. The molecule has 1 amide bonds. The third kappa shape index (κ3) is 4.82. The van der Waals surface area contributed by atoms with Crippen LogP contribution in [0.3, 0.4) is 0 Å². The summed E-state index contributed by atoms with van der Waals surface area (Å²) in [6.07, 6.45) is 1.01. The van der Waals surface area contributed by atoms with Crippen molar-refractivity contribution in [3.05, 3.63) is 0 Å². The van der Waals surface area contributed by atoms with E-state index >= 15 is 0 Å². The second-order valence-electron chi connectivity index (χ2n) is 5.27. The summed E-state index contributed by atoms with van der Waals surface area (Å²) in [6.45, 7) is 10.6. The number of nitrogens with zero attached hydrogens (tertiary/aromatic N) is 2. The Balaban J connectivity index is 0.00000256. The predicted octanol–water partition coefficient (Wildman–Crippen LogP) is 1.09. The van der Waals surface area contributed by atoms with Gasteiger partial charge in [-0.25, -0.2) is 0 Å². The number of halogens is 1.